The molecule has 64 valence electrons. The standard InChI is InChI=1S/C5H8FNO4/c6-2(1-3(8)9)4(7)5(10)11/h2,4H,1,7H2,(H,8,9)(H,10,11)/p-2/t2?,4-/m0/s1. The van der Waals surface area contributed by atoms with E-state index in [0.717, 1.165) is 0 Å². The van der Waals surface area contributed by atoms with Crippen molar-refractivity contribution >= 4 is 11.9 Å². The Balaban J connectivity index is 3.92. The van der Waals surface area contributed by atoms with Gasteiger partial charge in [0.05, 0.1) is 12.0 Å². The number of carbonyl (C=O) groups excluding carboxylic acids is 2. The van der Waals surface area contributed by atoms with Crippen LogP contribution in [-0.4, -0.2) is 24.2 Å². The fourth-order valence-electron chi connectivity index (χ4n) is 0.434. The van der Waals surface area contributed by atoms with Crippen molar-refractivity contribution < 1.29 is 24.2 Å². The van der Waals surface area contributed by atoms with Crippen molar-refractivity contribution in [2.75, 3.05) is 0 Å². The molecule has 0 fully saturated rings. The van der Waals surface area contributed by atoms with Crippen molar-refractivity contribution in [3.05, 3.63) is 0 Å². The number of alkyl halides is 1. The number of carbonyl (C=O) groups is 2. The molecular formula is C5H6FNO4-2. The minimum Gasteiger partial charge on any atom is -0.550 e. The third-order valence-corrected chi connectivity index (χ3v) is 1.02. The highest BCUT2D eigenvalue weighted by Crippen LogP contribution is 2.00. The first-order valence-corrected chi connectivity index (χ1v) is 2.75. The zero-order valence-electron chi connectivity index (χ0n) is 5.45. The molecule has 2 N–H and O–H groups in total. The fourth-order valence-corrected chi connectivity index (χ4v) is 0.434. The molecule has 11 heavy (non-hydrogen) atoms. The molecule has 0 spiro atoms. The lowest BCUT2D eigenvalue weighted by molar-refractivity contribution is -0.311. The molecule has 0 radical (unpaired) electrons. The highest BCUT2D eigenvalue weighted by atomic mass is 19.1. The number of rotatable bonds is 4. The zero-order chi connectivity index (χ0) is 9.02. The van der Waals surface area contributed by atoms with Crippen LogP contribution in [0.2, 0.25) is 0 Å². The third-order valence-electron chi connectivity index (χ3n) is 1.02. The summed E-state index contributed by atoms with van der Waals surface area (Å²) in [4.78, 5) is 19.5. The molecule has 0 aromatic rings. The number of carboxylic acid groups (broad SMARTS) is 2. The molecule has 0 saturated carbocycles. The molecule has 6 heteroatoms. The SMILES string of the molecule is N[C@H](C(=O)[O-])C(F)CC(=O)[O-]. The van der Waals surface area contributed by atoms with Gasteiger partial charge >= 0.3 is 0 Å². The van der Waals surface area contributed by atoms with Crippen LogP contribution in [0, 0.1) is 0 Å². The van der Waals surface area contributed by atoms with E-state index in [9.17, 15) is 24.2 Å². The van der Waals surface area contributed by atoms with Gasteiger partial charge < -0.3 is 25.5 Å². The molecule has 0 rings (SSSR count). The smallest absolute Gasteiger partial charge is 0.126 e. The monoisotopic (exact) mass is 163 g/mol. The maximum Gasteiger partial charge on any atom is 0.126 e. The van der Waals surface area contributed by atoms with E-state index >= 15 is 0 Å². The van der Waals surface area contributed by atoms with Gasteiger partial charge in [-0.2, -0.15) is 0 Å². The average molecular weight is 163 g/mol. The van der Waals surface area contributed by atoms with Crippen LogP contribution >= 0.6 is 0 Å². The molecule has 0 aromatic heterocycles. The summed E-state index contributed by atoms with van der Waals surface area (Å²) in [6.45, 7) is 0. The van der Waals surface area contributed by atoms with Crippen molar-refractivity contribution in [2.45, 2.75) is 18.6 Å². The summed E-state index contributed by atoms with van der Waals surface area (Å²) >= 11 is 0. The summed E-state index contributed by atoms with van der Waals surface area (Å²) in [6, 6.07) is -1.91. The highest BCUT2D eigenvalue weighted by molar-refractivity contribution is 5.73. The lowest BCUT2D eigenvalue weighted by Crippen LogP contribution is -2.49. The topological polar surface area (TPSA) is 106 Å². The number of aliphatic carboxylic acids is 2. The second kappa shape index (κ2) is 3.87. The molecular weight excluding hydrogens is 157 g/mol. The number of nitrogens with two attached hydrogens (primary N) is 1. The Morgan fingerprint density at radius 2 is 1.91 bits per heavy atom. The van der Waals surface area contributed by atoms with E-state index in [1.165, 1.54) is 0 Å². The minimum absolute atomic E-state index is 1.03. The molecule has 0 amide bonds. The second-order valence-corrected chi connectivity index (χ2v) is 1.94. The van der Waals surface area contributed by atoms with E-state index in [-0.39, 0.29) is 0 Å². The van der Waals surface area contributed by atoms with Crippen molar-refractivity contribution in [2.24, 2.45) is 5.73 Å². The second-order valence-electron chi connectivity index (χ2n) is 1.94. The molecule has 0 aliphatic rings. The molecule has 5 nitrogen and oxygen atoms in total. The van der Waals surface area contributed by atoms with Crippen molar-refractivity contribution in [3.8, 4) is 0 Å². The summed E-state index contributed by atoms with van der Waals surface area (Å²) in [5.41, 5.74) is 4.68. The van der Waals surface area contributed by atoms with Crippen molar-refractivity contribution in [3.63, 3.8) is 0 Å². The molecule has 0 saturated heterocycles. The Morgan fingerprint density at radius 3 is 2.18 bits per heavy atom. The van der Waals surface area contributed by atoms with Gasteiger partial charge in [-0.1, -0.05) is 0 Å². The van der Waals surface area contributed by atoms with Crippen LogP contribution in [0.3, 0.4) is 0 Å². The van der Waals surface area contributed by atoms with E-state index in [1.54, 1.807) is 0 Å². The van der Waals surface area contributed by atoms with E-state index in [2.05, 4.69) is 5.73 Å². The van der Waals surface area contributed by atoms with Gasteiger partial charge in [-0.15, -0.1) is 0 Å². The largest absolute Gasteiger partial charge is 0.550 e. The van der Waals surface area contributed by atoms with Crippen LogP contribution in [0.25, 0.3) is 0 Å². The fraction of sp³-hybridized carbons (Fsp3) is 0.600. The Hall–Kier alpha value is -1.17. The highest BCUT2D eigenvalue weighted by Gasteiger charge is 2.17. The molecule has 0 bridgehead atoms. The molecule has 0 heterocycles. The van der Waals surface area contributed by atoms with E-state index in [4.69, 9.17) is 0 Å². The Bertz CT molecular complexity index is 172. The van der Waals surface area contributed by atoms with Crippen LogP contribution in [0.1, 0.15) is 6.42 Å². The predicted octanol–water partition coefficient (Wildman–Crippen LogP) is -3.46. The van der Waals surface area contributed by atoms with Crippen LogP contribution in [-0.2, 0) is 9.59 Å². The Kier molecular flexibility index (Phi) is 3.46. The van der Waals surface area contributed by atoms with Gasteiger partial charge in [-0.25, -0.2) is 4.39 Å². The maximum absolute atomic E-state index is 12.3. The predicted molar refractivity (Wildman–Crippen MR) is 27.5 cm³/mol. The molecule has 0 aliphatic carbocycles. The molecule has 0 aliphatic heterocycles. The lowest BCUT2D eigenvalue weighted by Gasteiger charge is -2.17. The van der Waals surface area contributed by atoms with Gasteiger partial charge in [0.25, 0.3) is 0 Å². The summed E-state index contributed by atoms with van der Waals surface area (Å²) < 4.78 is 12.3. The average Bonchev–Trinajstić information content (AvgIpc) is 1.84. The van der Waals surface area contributed by atoms with Gasteiger partial charge in [0.15, 0.2) is 0 Å². The normalized spacial score (nSPS) is 15.5. The van der Waals surface area contributed by atoms with Gasteiger partial charge in [0.2, 0.25) is 0 Å². The lowest BCUT2D eigenvalue weighted by atomic mass is 10.1. The minimum atomic E-state index is -2.16. The Morgan fingerprint density at radius 1 is 1.45 bits per heavy atom. The van der Waals surface area contributed by atoms with Crippen LogP contribution in [0.5, 0.6) is 0 Å². The number of carboxylic acids is 2. The van der Waals surface area contributed by atoms with Crippen LogP contribution < -0.4 is 15.9 Å². The first-order chi connectivity index (χ1) is 4.95. The molecule has 2 atom stereocenters. The van der Waals surface area contributed by atoms with Crippen LogP contribution in [0.15, 0.2) is 0 Å². The number of halogens is 1. The number of hydrogen-bond donors (Lipinski definition) is 1. The summed E-state index contributed by atoms with van der Waals surface area (Å²) in [5, 5.41) is 19.5. The summed E-state index contributed by atoms with van der Waals surface area (Å²) in [5.74, 6) is -3.51. The summed E-state index contributed by atoms with van der Waals surface area (Å²) in [6.07, 6.45) is -3.19. The van der Waals surface area contributed by atoms with Crippen LogP contribution in [0.4, 0.5) is 4.39 Å². The maximum atomic E-state index is 12.3. The van der Waals surface area contributed by atoms with Gasteiger partial charge in [-0.3, -0.25) is 0 Å². The van der Waals surface area contributed by atoms with Crippen molar-refractivity contribution in [1.29, 1.82) is 0 Å². The zero-order valence-corrected chi connectivity index (χ0v) is 5.45. The van der Waals surface area contributed by atoms with E-state index in [0.29, 0.717) is 0 Å². The molecule has 0 aromatic carbocycles. The van der Waals surface area contributed by atoms with Gasteiger partial charge in [0, 0.05) is 12.4 Å². The van der Waals surface area contributed by atoms with Gasteiger partial charge in [0.1, 0.15) is 6.17 Å². The first-order valence-electron chi connectivity index (χ1n) is 2.75. The van der Waals surface area contributed by atoms with E-state index < -0.39 is 30.6 Å². The van der Waals surface area contributed by atoms with Crippen molar-refractivity contribution in [1.82, 2.24) is 0 Å². The number of hydrogen-bond acceptors (Lipinski definition) is 5. The summed E-state index contributed by atoms with van der Waals surface area (Å²) in [7, 11) is 0. The Labute approximate surface area is 61.6 Å². The molecule has 1 unspecified atom stereocenters. The first kappa shape index (κ1) is 9.83. The van der Waals surface area contributed by atoms with Gasteiger partial charge in [-0.05, 0) is 0 Å². The third kappa shape index (κ3) is 3.51. The van der Waals surface area contributed by atoms with E-state index in [1.807, 2.05) is 0 Å². The quantitative estimate of drug-likeness (QED) is 0.463.